The normalized spacial score (nSPS) is 10.1. The van der Waals surface area contributed by atoms with Gasteiger partial charge in [-0.3, -0.25) is 9.78 Å². The van der Waals surface area contributed by atoms with Gasteiger partial charge in [-0.15, -0.1) is 0 Å². The summed E-state index contributed by atoms with van der Waals surface area (Å²) in [6.45, 7) is -0.0703. The van der Waals surface area contributed by atoms with Crippen molar-refractivity contribution in [1.82, 2.24) is 4.98 Å². The molecule has 1 amide bonds. The van der Waals surface area contributed by atoms with Gasteiger partial charge in [-0.1, -0.05) is 23.7 Å². The molecule has 1 aromatic carbocycles. The highest BCUT2D eigenvalue weighted by molar-refractivity contribution is 6.30. The maximum absolute atomic E-state index is 11.9. The molecule has 0 radical (unpaired) electrons. The fraction of sp³-hybridized carbons (Fsp3) is 0.0769. The first-order valence-electron chi connectivity index (χ1n) is 5.32. The lowest BCUT2D eigenvalue weighted by Gasteiger charge is -2.06. The first-order chi connectivity index (χ1) is 8.69. The predicted octanol–water partition coefficient (Wildman–Crippen LogP) is 2.48. The summed E-state index contributed by atoms with van der Waals surface area (Å²) in [7, 11) is 0. The number of pyridine rings is 1. The summed E-state index contributed by atoms with van der Waals surface area (Å²) >= 11 is 5.79. The maximum Gasteiger partial charge on any atom is 0.274 e. The van der Waals surface area contributed by atoms with Crippen molar-refractivity contribution in [2.75, 3.05) is 5.32 Å². The molecule has 0 aliphatic rings. The Morgan fingerprint density at radius 3 is 2.89 bits per heavy atom. The average molecular weight is 263 g/mol. The fourth-order valence-corrected chi connectivity index (χ4v) is 1.63. The Morgan fingerprint density at radius 2 is 2.17 bits per heavy atom. The molecule has 5 heteroatoms. The van der Waals surface area contributed by atoms with Crippen LogP contribution in [-0.2, 0) is 6.61 Å². The lowest BCUT2D eigenvalue weighted by molar-refractivity contribution is 0.102. The van der Waals surface area contributed by atoms with Gasteiger partial charge in [-0.05, 0) is 29.8 Å². The number of aliphatic hydroxyl groups excluding tert-OH is 1. The van der Waals surface area contributed by atoms with E-state index in [9.17, 15) is 4.79 Å². The zero-order valence-electron chi connectivity index (χ0n) is 9.43. The van der Waals surface area contributed by atoms with Gasteiger partial charge in [-0.25, -0.2) is 0 Å². The first-order valence-corrected chi connectivity index (χ1v) is 5.69. The number of carbonyl (C=O) groups excluding carboxylic acids is 1. The van der Waals surface area contributed by atoms with Gasteiger partial charge in [0.1, 0.15) is 5.69 Å². The van der Waals surface area contributed by atoms with Crippen LogP contribution in [0.1, 0.15) is 16.1 Å². The van der Waals surface area contributed by atoms with E-state index in [0.717, 1.165) is 5.56 Å². The van der Waals surface area contributed by atoms with Gasteiger partial charge < -0.3 is 10.4 Å². The van der Waals surface area contributed by atoms with Crippen LogP contribution in [0.3, 0.4) is 0 Å². The molecule has 0 bridgehead atoms. The minimum absolute atomic E-state index is 0.0703. The third-order valence-corrected chi connectivity index (χ3v) is 2.56. The lowest BCUT2D eigenvalue weighted by atomic mass is 10.2. The Labute approximate surface area is 109 Å². The molecule has 0 aliphatic heterocycles. The SMILES string of the molecule is O=C(Nc1cccc(CO)c1)c1cc(Cl)ccn1. The minimum Gasteiger partial charge on any atom is -0.392 e. The van der Waals surface area contributed by atoms with Crippen LogP contribution in [0.15, 0.2) is 42.6 Å². The maximum atomic E-state index is 11.9. The van der Waals surface area contributed by atoms with Gasteiger partial charge in [0, 0.05) is 16.9 Å². The third-order valence-electron chi connectivity index (χ3n) is 2.32. The van der Waals surface area contributed by atoms with E-state index in [-0.39, 0.29) is 18.2 Å². The van der Waals surface area contributed by atoms with Gasteiger partial charge in [0.25, 0.3) is 5.91 Å². The second kappa shape index (κ2) is 5.62. The number of hydrogen-bond donors (Lipinski definition) is 2. The van der Waals surface area contributed by atoms with Gasteiger partial charge in [0.2, 0.25) is 0 Å². The van der Waals surface area contributed by atoms with Gasteiger partial charge >= 0.3 is 0 Å². The average Bonchev–Trinajstić information content (AvgIpc) is 2.39. The molecule has 0 saturated heterocycles. The Bertz CT molecular complexity index is 572. The van der Waals surface area contributed by atoms with E-state index in [1.165, 1.54) is 12.3 Å². The van der Waals surface area contributed by atoms with Gasteiger partial charge in [0.15, 0.2) is 0 Å². The number of nitrogens with one attached hydrogen (secondary N) is 1. The number of anilines is 1. The molecule has 92 valence electrons. The van der Waals surface area contributed by atoms with E-state index in [4.69, 9.17) is 16.7 Å². The number of carbonyl (C=O) groups is 1. The third kappa shape index (κ3) is 3.06. The van der Waals surface area contributed by atoms with Crippen molar-refractivity contribution in [3.63, 3.8) is 0 Å². The number of hydrogen-bond acceptors (Lipinski definition) is 3. The van der Waals surface area contributed by atoms with Crippen molar-refractivity contribution in [2.45, 2.75) is 6.61 Å². The molecule has 2 N–H and O–H groups in total. The molecule has 0 fully saturated rings. The van der Waals surface area contributed by atoms with Crippen LogP contribution in [0.5, 0.6) is 0 Å². The molecule has 1 aromatic heterocycles. The van der Waals surface area contributed by atoms with Crippen LogP contribution in [0, 0.1) is 0 Å². The number of benzene rings is 1. The molecule has 0 unspecified atom stereocenters. The molecular formula is C13H11ClN2O2. The quantitative estimate of drug-likeness (QED) is 0.893. The summed E-state index contributed by atoms with van der Waals surface area (Å²) in [5.41, 5.74) is 1.58. The van der Waals surface area contributed by atoms with Crippen molar-refractivity contribution in [2.24, 2.45) is 0 Å². The minimum atomic E-state index is -0.340. The molecule has 2 aromatic rings. The smallest absolute Gasteiger partial charge is 0.274 e. The van der Waals surface area contributed by atoms with E-state index >= 15 is 0 Å². The van der Waals surface area contributed by atoms with E-state index in [2.05, 4.69) is 10.3 Å². The molecule has 4 nitrogen and oxygen atoms in total. The predicted molar refractivity (Wildman–Crippen MR) is 69.6 cm³/mol. The summed E-state index contributed by atoms with van der Waals surface area (Å²) in [6.07, 6.45) is 1.47. The molecule has 0 saturated carbocycles. The first kappa shape index (κ1) is 12.5. The highest BCUT2D eigenvalue weighted by Crippen LogP contribution is 2.13. The molecule has 0 aliphatic carbocycles. The highest BCUT2D eigenvalue weighted by atomic mass is 35.5. The number of aromatic nitrogens is 1. The Kier molecular flexibility index (Phi) is 3.92. The molecule has 2 rings (SSSR count). The Hall–Kier alpha value is -1.91. The van der Waals surface area contributed by atoms with Crippen molar-refractivity contribution >= 4 is 23.2 Å². The summed E-state index contributed by atoms with van der Waals surface area (Å²) in [5.74, 6) is -0.340. The van der Waals surface area contributed by atoms with Gasteiger partial charge in [-0.2, -0.15) is 0 Å². The van der Waals surface area contributed by atoms with E-state index in [0.29, 0.717) is 10.7 Å². The van der Waals surface area contributed by atoms with Crippen LogP contribution in [0.4, 0.5) is 5.69 Å². The van der Waals surface area contributed by atoms with Crippen molar-refractivity contribution < 1.29 is 9.90 Å². The molecule has 0 spiro atoms. The van der Waals surface area contributed by atoms with Crippen LogP contribution < -0.4 is 5.32 Å². The number of rotatable bonds is 3. The number of nitrogens with zero attached hydrogens (tertiary/aromatic N) is 1. The Balaban J connectivity index is 2.16. The van der Waals surface area contributed by atoms with Crippen LogP contribution in [0.2, 0.25) is 5.02 Å². The number of amides is 1. The van der Waals surface area contributed by atoms with E-state index in [1.54, 1.807) is 30.3 Å². The topological polar surface area (TPSA) is 62.2 Å². The summed E-state index contributed by atoms with van der Waals surface area (Å²) in [4.78, 5) is 15.8. The summed E-state index contributed by atoms with van der Waals surface area (Å²) in [6, 6.07) is 10.1. The number of aliphatic hydroxyl groups is 1. The zero-order valence-corrected chi connectivity index (χ0v) is 10.2. The van der Waals surface area contributed by atoms with Crippen LogP contribution in [0.25, 0.3) is 0 Å². The van der Waals surface area contributed by atoms with E-state index < -0.39 is 0 Å². The molecule has 18 heavy (non-hydrogen) atoms. The van der Waals surface area contributed by atoms with E-state index in [1.807, 2.05) is 0 Å². The van der Waals surface area contributed by atoms with Crippen molar-refractivity contribution in [3.8, 4) is 0 Å². The second-order valence-electron chi connectivity index (χ2n) is 3.67. The number of halogens is 1. The second-order valence-corrected chi connectivity index (χ2v) is 4.11. The monoisotopic (exact) mass is 262 g/mol. The zero-order chi connectivity index (χ0) is 13.0. The molecule has 1 heterocycles. The lowest BCUT2D eigenvalue weighted by Crippen LogP contribution is -2.13. The summed E-state index contributed by atoms with van der Waals surface area (Å²) < 4.78 is 0. The fourth-order valence-electron chi connectivity index (χ4n) is 1.47. The molecular weight excluding hydrogens is 252 g/mol. The summed E-state index contributed by atoms with van der Waals surface area (Å²) in [5, 5.41) is 12.2. The van der Waals surface area contributed by atoms with Crippen LogP contribution >= 0.6 is 11.6 Å². The van der Waals surface area contributed by atoms with Crippen LogP contribution in [-0.4, -0.2) is 16.0 Å². The van der Waals surface area contributed by atoms with Gasteiger partial charge in [0.05, 0.1) is 6.61 Å². The molecule has 0 atom stereocenters. The van der Waals surface area contributed by atoms with Crippen molar-refractivity contribution in [1.29, 1.82) is 0 Å². The standard InChI is InChI=1S/C13H11ClN2O2/c14-10-4-5-15-12(7-10)13(18)16-11-3-1-2-9(6-11)8-17/h1-7,17H,8H2,(H,16,18). The Morgan fingerprint density at radius 1 is 1.33 bits per heavy atom. The largest absolute Gasteiger partial charge is 0.392 e. The highest BCUT2D eigenvalue weighted by Gasteiger charge is 2.08. The van der Waals surface area contributed by atoms with Crippen molar-refractivity contribution in [3.05, 3.63) is 58.9 Å².